The van der Waals surface area contributed by atoms with E-state index in [-0.39, 0.29) is 11.8 Å². The van der Waals surface area contributed by atoms with E-state index in [1.54, 1.807) is 0 Å². The van der Waals surface area contributed by atoms with Gasteiger partial charge in [-0.25, -0.2) is 9.97 Å². The molecule has 0 saturated carbocycles. The maximum atomic E-state index is 8.97. The summed E-state index contributed by atoms with van der Waals surface area (Å²) in [5.74, 6) is 0.631. The molecule has 0 radical (unpaired) electrons. The second-order valence-electron chi connectivity index (χ2n) is 4.73. The van der Waals surface area contributed by atoms with Crippen LogP contribution in [0.25, 0.3) is 0 Å². The van der Waals surface area contributed by atoms with Gasteiger partial charge in [-0.1, -0.05) is 47.2 Å². The molecule has 0 saturated heterocycles. The minimum absolute atomic E-state index is 0.175. The molecule has 0 aliphatic rings. The molecule has 110 valence electrons. The van der Waals surface area contributed by atoms with Crippen molar-refractivity contribution in [2.24, 2.45) is 10.9 Å². The van der Waals surface area contributed by atoms with Crippen molar-refractivity contribution >= 4 is 17.6 Å². The molecular formula is C15H18N4OS. The van der Waals surface area contributed by atoms with Gasteiger partial charge in [-0.15, -0.1) is 0 Å². The second kappa shape index (κ2) is 7.08. The van der Waals surface area contributed by atoms with Crippen molar-refractivity contribution in [2.45, 2.75) is 24.9 Å². The quantitative estimate of drug-likeness (QED) is 0.221. The molecule has 1 atom stereocenters. The predicted octanol–water partition coefficient (Wildman–Crippen LogP) is 2.72. The van der Waals surface area contributed by atoms with Gasteiger partial charge in [-0.2, -0.15) is 0 Å². The Kier molecular flexibility index (Phi) is 5.16. The maximum absolute atomic E-state index is 8.97. The fraction of sp³-hybridized carbons (Fsp3) is 0.267. The standard InChI is InChI=1S/C15H18N4OS/c1-10-8-11(2)18-15(17-10)21-9-13(14(16)19-20)12-6-4-3-5-7-12/h3-8,13,20H,9H2,1-2H3,(H2,16,19). The number of hydrogen-bond acceptors (Lipinski definition) is 5. The highest BCUT2D eigenvalue weighted by Crippen LogP contribution is 2.25. The highest BCUT2D eigenvalue weighted by molar-refractivity contribution is 7.99. The Morgan fingerprint density at radius 3 is 2.43 bits per heavy atom. The summed E-state index contributed by atoms with van der Waals surface area (Å²) in [4.78, 5) is 8.79. The van der Waals surface area contributed by atoms with E-state index < -0.39 is 0 Å². The number of rotatable bonds is 5. The van der Waals surface area contributed by atoms with Gasteiger partial charge in [0.1, 0.15) is 5.84 Å². The Hall–Kier alpha value is -2.08. The lowest BCUT2D eigenvalue weighted by Crippen LogP contribution is -2.24. The Morgan fingerprint density at radius 1 is 1.24 bits per heavy atom. The molecule has 2 rings (SSSR count). The first kappa shape index (κ1) is 15.3. The summed E-state index contributed by atoms with van der Waals surface area (Å²) >= 11 is 1.50. The van der Waals surface area contributed by atoms with E-state index in [1.807, 2.05) is 50.2 Å². The molecule has 0 aliphatic carbocycles. The SMILES string of the molecule is Cc1cc(C)nc(SCC(C(N)=NO)c2ccccc2)n1. The van der Waals surface area contributed by atoms with Gasteiger partial charge < -0.3 is 10.9 Å². The summed E-state index contributed by atoms with van der Waals surface area (Å²) in [5.41, 5.74) is 8.69. The van der Waals surface area contributed by atoms with Crippen LogP contribution in [0.1, 0.15) is 22.9 Å². The number of thioether (sulfide) groups is 1. The van der Waals surface area contributed by atoms with E-state index in [0.717, 1.165) is 17.0 Å². The van der Waals surface area contributed by atoms with Crippen LogP contribution in [0, 0.1) is 13.8 Å². The van der Waals surface area contributed by atoms with Crippen molar-refractivity contribution in [3.63, 3.8) is 0 Å². The molecule has 1 aromatic carbocycles. The van der Waals surface area contributed by atoms with Crippen molar-refractivity contribution in [1.82, 2.24) is 9.97 Å². The second-order valence-corrected chi connectivity index (χ2v) is 5.72. The number of aryl methyl sites for hydroxylation is 2. The van der Waals surface area contributed by atoms with Gasteiger partial charge in [0.25, 0.3) is 0 Å². The van der Waals surface area contributed by atoms with Crippen LogP contribution >= 0.6 is 11.8 Å². The van der Waals surface area contributed by atoms with Gasteiger partial charge in [0.2, 0.25) is 0 Å². The van der Waals surface area contributed by atoms with Crippen molar-refractivity contribution in [3.8, 4) is 0 Å². The summed E-state index contributed by atoms with van der Waals surface area (Å²) in [6, 6.07) is 11.7. The van der Waals surface area contributed by atoms with Gasteiger partial charge in [0, 0.05) is 17.1 Å². The zero-order valence-electron chi connectivity index (χ0n) is 12.0. The maximum Gasteiger partial charge on any atom is 0.188 e. The van der Waals surface area contributed by atoms with Crippen LogP contribution in [0.2, 0.25) is 0 Å². The number of nitrogens with zero attached hydrogens (tertiary/aromatic N) is 3. The third-order valence-electron chi connectivity index (χ3n) is 3.02. The van der Waals surface area contributed by atoms with Crippen LogP contribution < -0.4 is 5.73 Å². The van der Waals surface area contributed by atoms with Crippen LogP contribution in [0.15, 0.2) is 46.7 Å². The van der Waals surface area contributed by atoms with E-state index in [4.69, 9.17) is 10.9 Å². The Bertz CT molecular complexity index is 611. The summed E-state index contributed by atoms with van der Waals surface area (Å²) in [5, 5.41) is 12.8. The number of benzene rings is 1. The highest BCUT2D eigenvalue weighted by atomic mass is 32.2. The fourth-order valence-corrected chi connectivity index (χ4v) is 3.12. The molecule has 5 nitrogen and oxygen atoms in total. The van der Waals surface area contributed by atoms with E-state index in [2.05, 4.69) is 15.1 Å². The molecule has 0 spiro atoms. The third-order valence-corrected chi connectivity index (χ3v) is 3.96. The molecule has 3 N–H and O–H groups in total. The molecule has 6 heteroatoms. The number of aromatic nitrogens is 2. The van der Waals surface area contributed by atoms with E-state index in [9.17, 15) is 0 Å². The van der Waals surface area contributed by atoms with Gasteiger partial charge in [-0.05, 0) is 25.5 Å². The first-order chi connectivity index (χ1) is 10.1. The largest absolute Gasteiger partial charge is 0.409 e. The summed E-state index contributed by atoms with van der Waals surface area (Å²) < 4.78 is 0. The normalized spacial score (nSPS) is 13.1. The summed E-state index contributed by atoms with van der Waals surface area (Å²) in [7, 11) is 0. The Labute approximate surface area is 128 Å². The number of oxime groups is 1. The van der Waals surface area contributed by atoms with Gasteiger partial charge in [0.15, 0.2) is 5.16 Å². The van der Waals surface area contributed by atoms with Crippen molar-refractivity contribution < 1.29 is 5.21 Å². The topological polar surface area (TPSA) is 84.4 Å². The average molecular weight is 302 g/mol. The fourth-order valence-electron chi connectivity index (χ4n) is 2.02. The lowest BCUT2D eigenvalue weighted by atomic mass is 10.0. The number of nitrogens with two attached hydrogens (primary N) is 1. The van der Waals surface area contributed by atoms with Crippen LogP contribution in [0.4, 0.5) is 0 Å². The van der Waals surface area contributed by atoms with Crippen molar-refractivity contribution in [1.29, 1.82) is 0 Å². The van der Waals surface area contributed by atoms with Crippen molar-refractivity contribution in [3.05, 3.63) is 53.3 Å². The Morgan fingerprint density at radius 2 is 1.86 bits per heavy atom. The lowest BCUT2D eigenvalue weighted by Gasteiger charge is -2.15. The van der Waals surface area contributed by atoms with Crippen LogP contribution in [-0.4, -0.2) is 26.8 Å². The zero-order chi connectivity index (χ0) is 15.2. The zero-order valence-corrected chi connectivity index (χ0v) is 12.8. The van der Waals surface area contributed by atoms with Crippen LogP contribution in [-0.2, 0) is 0 Å². The molecule has 0 aliphatic heterocycles. The van der Waals surface area contributed by atoms with Crippen LogP contribution in [0.3, 0.4) is 0 Å². The van der Waals surface area contributed by atoms with Crippen LogP contribution in [0.5, 0.6) is 0 Å². The molecule has 2 aromatic rings. The molecule has 21 heavy (non-hydrogen) atoms. The molecule has 0 bridgehead atoms. The predicted molar refractivity (Wildman–Crippen MR) is 84.8 cm³/mol. The minimum Gasteiger partial charge on any atom is -0.409 e. The lowest BCUT2D eigenvalue weighted by molar-refractivity contribution is 0.316. The van der Waals surface area contributed by atoms with Crippen molar-refractivity contribution in [2.75, 3.05) is 5.75 Å². The first-order valence-corrected chi connectivity index (χ1v) is 7.56. The molecule has 1 unspecified atom stereocenters. The summed E-state index contributed by atoms with van der Waals surface area (Å²) in [6.45, 7) is 3.88. The summed E-state index contributed by atoms with van der Waals surface area (Å²) in [6.07, 6.45) is 0. The van der Waals surface area contributed by atoms with Gasteiger partial charge in [0.05, 0.1) is 5.92 Å². The Balaban J connectivity index is 2.17. The molecule has 0 fully saturated rings. The molecular weight excluding hydrogens is 284 g/mol. The first-order valence-electron chi connectivity index (χ1n) is 6.57. The molecule has 0 amide bonds. The highest BCUT2D eigenvalue weighted by Gasteiger charge is 2.17. The number of hydrogen-bond donors (Lipinski definition) is 2. The average Bonchev–Trinajstić information content (AvgIpc) is 2.47. The molecule has 1 heterocycles. The van der Waals surface area contributed by atoms with Gasteiger partial charge in [-0.3, -0.25) is 0 Å². The van der Waals surface area contributed by atoms with E-state index >= 15 is 0 Å². The van der Waals surface area contributed by atoms with E-state index in [1.165, 1.54) is 11.8 Å². The van der Waals surface area contributed by atoms with E-state index in [0.29, 0.717) is 10.9 Å². The third kappa shape index (κ3) is 4.19. The minimum atomic E-state index is -0.175. The monoisotopic (exact) mass is 302 g/mol. The smallest absolute Gasteiger partial charge is 0.188 e. The molecule has 1 aromatic heterocycles. The van der Waals surface area contributed by atoms with Gasteiger partial charge >= 0.3 is 0 Å². The number of amidine groups is 1.